The maximum absolute atomic E-state index is 11.9. The number of hydrogen-bond acceptors (Lipinski definition) is 3. The lowest BCUT2D eigenvalue weighted by Crippen LogP contribution is -2.33. The molecule has 17 heavy (non-hydrogen) atoms. The number of carbonyl (C=O) groups excluding carboxylic acids is 1. The van der Waals surface area contributed by atoms with Gasteiger partial charge in [0.1, 0.15) is 5.69 Å². The molecule has 0 bridgehead atoms. The van der Waals surface area contributed by atoms with Crippen molar-refractivity contribution >= 4 is 11.6 Å². The van der Waals surface area contributed by atoms with Crippen LogP contribution in [-0.4, -0.2) is 24.0 Å². The van der Waals surface area contributed by atoms with Crippen LogP contribution < -0.4 is 10.6 Å². The van der Waals surface area contributed by atoms with E-state index in [0.717, 1.165) is 24.4 Å². The van der Waals surface area contributed by atoms with E-state index in [1.807, 2.05) is 13.1 Å². The first-order valence-electron chi connectivity index (χ1n) is 6.13. The third kappa shape index (κ3) is 2.96. The lowest BCUT2D eigenvalue weighted by molar-refractivity contribution is 0.0932. The Morgan fingerprint density at radius 1 is 1.41 bits per heavy atom. The molecular formula is C13H19N3O. The summed E-state index contributed by atoms with van der Waals surface area (Å²) in [6, 6.07) is 3.93. The first-order chi connectivity index (χ1) is 8.19. The van der Waals surface area contributed by atoms with E-state index in [0.29, 0.717) is 11.7 Å². The van der Waals surface area contributed by atoms with Gasteiger partial charge in [-0.3, -0.25) is 4.79 Å². The van der Waals surface area contributed by atoms with Gasteiger partial charge in [-0.1, -0.05) is 6.92 Å². The van der Waals surface area contributed by atoms with Crippen molar-refractivity contribution in [2.75, 3.05) is 12.4 Å². The molecule has 1 aliphatic carbocycles. The smallest absolute Gasteiger partial charge is 0.270 e. The molecule has 1 aromatic heterocycles. The van der Waals surface area contributed by atoms with Crippen LogP contribution in [0.4, 0.5) is 5.69 Å². The number of anilines is 1. The summed E-state index contributed by atoms with van der Waals surface area (Å²) < 4.78 is 0. The summed E-state index contributed by atoms with van der Waals surface area (Å²) in [7, 11) is 1.83. The number of carbonyl (C=O) groups is 1. The number of amides is 1. The highest BCUT2D eigenvalue weighted by Gasteiger charge is 2.23. The predicted octanol–water partition coefficient (Wildman–Crippen LogP) is 2.04. The van der Waals surface area contributed by atoms with E-state index in [9.17, 15) is 4.79 Å². The first-order valence-corrected chi connectivity index (χ1v) is 6.13. The van der Waals surface area contributed by atoms with Gasteiger partial charge in [-0.25, -0.2) is 4.98 Å². The largest absolute Gasteiger partial charge is 0.387 e. The summed E-state index contributed by atoms with van der Waals surface area (Å²) in [6.45, 7) is 2.23. The molecule has 0 saturated heterocycles. The van der Waals surface area contributed by atoms with Crippen molar-refractivity contribution in [3.63, 3.8) is 0 Å². The van der Waals surface area contributed by atoms with Crippen LogP contribution in [0.3, 0.4) is 0 Å². The summed E-state index contributed by atoms with van der Waals surface area (Å²) in [5.74, 6) is 0.659. The molecule has 92 valence electrons. The number of hydrogen-bond donors (Lipinski definition) is 2. The predicted molar refractivity (Wildman–Crippen MR) is 68.1 cm³/mol. The average Bonchev–Trinajstić information content (AvgIpc) is 2.75. The molecule has 2 atom stereocenters. The number of rotatable bonds is 3. The highest BCUT2D eigenvalue weighted by molar-refractivity contribution is 5.92. The van der Waals surface area contributed by atoms with Crippen LogP contribution in [0.5, 0.6) is 0 Å². The molecule has 2 rings (SSSR count). The van der Waals surface area contributed by atoms with Crippen molar-refractivity contribution in [3.05, 3.63) is 24.0 Å². The van der Waals surface area contributed by atoms with Crippen LogP contribution in [0.2, 0.25) is 0 Å². The second-order valence-electron chi connectivity index (χ2n) is 4.77. The average molecular weight is 233 g/mol. The minimum Gasteiger partial charge on any atom is -0.387 e. The molecule has 4 nitrogen and oxygen atoms in total. The van der Waals surface area contributed by atoms with Gasteiger partial charge in [-0.2, -0.15) is 0 Å². The maximum Gasteiger partial charge on any atom is 0.270 e. The molecule has 1 fully saturated rings. The number of aromatic nitrogens is 1. The van der Waals surface area contributed by atoms with Crippen molar-refractivity contribution in [1.29, 1.82) is 0 Å². The summed E-state index contributed by atoms with van der Waals surface area (Å²) in [4.78, 5) is 16.0. The molecule has 4 heteroatoms. The Kier molecular flexibility index (Phi) is 3.61. The number of nitrogens with one attached hydrogen (secondary N) is 2. The zero-order valence-electron chi connectivity index (χ0n) is 10.4. The van der Waals surface area contributed by atoms with E-state index in [2.05, 4.69) is 22.5 Å². The highest BCUT2D eigenvalue weighted by atomic mass is 16.1. The van der Waals surface area contributed by atoms with Crippen molar-refractivity contribution in [3.8, 4) is 0 Å². The van der Waals surface area contributed by atoms with Crippen LogP contribution in [0.1, 0.15) is 36.7 Å². The topological polar surface area (TPSA) is 54.0 Å². The fraction of sp³-hybridized carbons (Fsp3) is 0.538. The van der Waals surface area contributed by atoms with Gasteiger partial charge in [0.05, 0.1) is 11.9 Å². The standard InChI is InChI=1S/C13H19N3O/c1-9-3-4-10(7-9)16-13(17)12-6-5-11(14-2)8-15-12/h5-6,8-10,14H,3-4,7H2,1-2H3,(H,16,17). The third-order valence-electron chi connectivity index (χ3n) is 3.31. The highest BCUT2D eigenvalue weighted by Crippen LogP contribution is 2.24. The van der Waals surface area contributed by atoms with Crippen molar-refractivity contribution in [1.82, 2.24) is 10.3 Å². The van der Waals surface area contributed by atoms with Gasteiger partial charge >= 0.3 is 0 Å². The van der Waals surface area contributed by atoms with Crippen LogP contribution in [-0.2, 0) is 0 Å². The van der Waals surface area contributed by atoms with Crippen LogP contribution >= 0.6 is 0 Å². The second-order valence-corrected chi connectivity index (χ2v) is 4.77. The first kappa shape index (κ1) is 11.9. The monoisotopic (exact) mass is 233 g/mol. The number of pyridine rings is 1. The molecule has 0 radical (unpaired) electrons. The fourth-order valence-electron chi connectivity index (χ4n) is 2.27. The normalized spacial score (nSPS) is 23.4. The Labute approximate surface area is 102 Å². The van der Waals surface area contributed by atoms with Crippen molar-refractivity contribution < 1.29 is 4.79 Å². The zero-order chi connectivity index (χ0) is 12.3. The summed E-state index contributed by atoms with van der Waals surface area (Å²) in [5, 5.41) is 6.02. The zero-order valence-corrected chi connectivity index (χ0v) is 10.4. The quantitative estimate of drug-likeness (QED) is 0.840. The van der Waals surface area contributed by atoms with Gasteiger partial charge in [-0.05, 0) is 37.3 Å². The molecule has 0 spiro atoms. The van der Waals surface area contributed by atoms with E-state index >= 15 is 0 Å². The molecule has 1 aromatic rings. The van der Waals surface area contributed by atoms with Gasteiger partial charge < -0.3 is 10.6 Å². The molecule has 0 aliphatic heterocycles. The van der Waals surface area contributed by atoms with Gasteiger partial charge in [-0.15, -0.1) is 0 Å². The number of nitrogens with zero attached hydrogens (tertiary/aromatic N) is 1. The molecule has 1 heterocycles. The molecule has 1 saturated carbocycles. The van der Waals surface area contributed by atoms with Crippen LogP contribution in [0, 0.1) is 5.92 Å². The van der Waals surface area contributed by atoms with E-state index in [1.54, 1.807) is 12.3 Å². The second kappa shape index (κ2) is 5.17. The Hall–Kier alpha value is -1.58. The lowest BCUT2D eigenvalue weighted by Gasteiger charge is -2.12. The Balaban J connectivity index is 1.94. The minimum absolute atomic E-state index is 0.0632. The van der Waals surface area contributed by atoms with E-state index in [-0.39, 0.29) is 5.91 Å². The van der Waals surface area contributed by atoms with E-state index < -0.39 is 0 Å². The van der Waals surface area contributed by atoms with Gasteiger partial charge in [0.25, 0.3) is 5.91 Å². The van der Waals surface area contributed by atoms with E-state index in [4.69, 9.17) is 0 Å². The molecule has 1 aliphatic rings. The van der Waals surface area contributed by atoms with Crippen LogP contribution in [0.15, 0.2) is 18.3 Å². The summed E-state index contributed by atoms with van der Waals surface area (Å²) in [6.07, 6.45) is 5.05. The van der Waals surface area contributed by atoms with Crippen molar-refractivity contribution in [2.45, 2.75) is 32.2 Å². The third-order valence-corrected chi connectivity index (χ3v) is 3.31. The minimum atomic E-state index is -0.0632. The Morgan fingerprint density at radius 2 is 2.24 bits per heavy atom. The lowest BCUT2D eigenvalue weighted by atomic mass is 10.1. The van der Waals surface area contributed by atoms with E-state index in [1.165, 1.54) is 6.42 Å². The fourth-order valence-corrected chi connectivity index (χ4v) is 2.27. The van der Waals surface area contributed by atoms with Crippen molar-refractivity contribution in [2.24, 2.45) is 5.92 Å². The summed E-state index contributed by atoms with van der Waals surface area (Å²) in [5.41, 5.74) is 1.40. The molecule has 0 aromatic carbocycles. The molecular weight excluding hydrogens is 214 g/mol. The summed E-state index contributed by atoms with van der Waals surface area (Å²) >= 11 is 0. The van der Waals surface area contributed by atoms with Gasteiger partial charge in [0, 0.05) is 13.1 Å². The molecule has 2 N–H and O–H groups in total. The Bertz CT molecular complexity index is 388. The molecule has 2 unspecified atom stereocenters. The van der Waals surface area contributed by atoms with Gasteiger partial charge in [0.2, 0.25) is 0 Å². The van der Waals surface area contributed by atoms with Crippen LogP contribution in [0.25, 0.3) is 0 Å². The Morgan fingerprint density at radius 3 is 2.76 bits per heavy atom. The SMILES string of the molecule is CNc1ccc(C(=O)NC2CCC(C)C2)nc1. The maximum atomic E-state index is 11.9. The molecule has 1 amide bonds. The van der Waals surface area contributed by atoms with Gasteiger partial charge in [0.15, 0.2) is 0 Å².